The van der Waals surface area contributed by atoms with Crippen LogP contribution in [0, 0.1) is 6.92 Å². The number of rotatable bonds is 6. The number of ether oxygens (including phenoxy) is 1. The average molecular weight is 347 g/mol. The van der Waals surface area contributed by atoms with Gasteiger partial charge < -0.3 is 15.2 Å². The molecule has 0 fully saturated rings. The molecule has 3 heterocycles. The molecule has 0 amide bonds. The highest BCUT2D eigenvalue weighted by atomic mass is 32.1. The van der Waals surface area contributed by atoms with Crippen LogP contribution < -0.4 is 5.32 Å². The highest BCUT2D eigenvalue weighted by Gasteiger charge is 2.20. The van der Waals surface area contributed by atoms with Crippen molar-refractivity contribution >= 4 is 39.0 Å². The first-order valence-electron chi connectivity index (χ1n) is 7.45. The number of nitrogens with zero attached hydrogens (tertiary/aromatic N) is 4. The van der Waals surface area contributed by atoms with Gasteiger partial charge in [0.15, 0.2) is 0 Å². The van der Waals surface area contributed by atoms with E-state index in [9.17, 15) is 4.79 Å². The molecule has 0 atom stereocenters. The molecular weight excluding hydrogens is 330 g/mol. The van der Waals surface area contributed by atoms with E-state index in [0.29, 0.717) is 23.8 Å². The number of nitrogens with one attached hydrogen (secondary N) is 1. The number of aromatic nitrogens is 4. The minimum absolute atomic E-state index is 0.0193. The number of aliphatic hydroxyl groups is 1. The maximum absolute atomic E-state index is 12.1. The number of esters is 1. The zero-order valence-corrected chi connectivity index (χ0v) is 14.1. The van der Waals surface area contributed by atoms with Crippen molar-refractivity contribution in [3.8, 4) is 0 Å². The Morgan fingerprint density at radius 1 is 1.46 bits per heavy atom. The van der Waals surface area contributed by atoms with E-state index in [2.05, 4.69) is 20.4 Å². The van der Waals surface area contributed by atoms with Crippen LogP contribution in [-0.2, 0) is 11.3 Å². The molecule has 0 saturated carbocycles. The first kappa shape index (κ1) is 16.3. The highest BCUT2D eigenvalue weighted by Crippen LogP contribution is 2.34. The van der Waals surface area contributed by atoms with Gasteiger partial charge in [0.25, 0.3) is 0 Å². The summed E-state index contributed by atoms with van der Waals surface area (Å²) in [6, 6.07) is 0. The molecule has 0 unspecified atom stereocenters. The number of fused-ring (bicyclic) bond motifs is 1. The average Bonchev–Trinajstić information content (AvgIpc) is 3.13. The summed E-state index contributed by atoms with van der Waals surface area (Å²) in [6.07, 6.45) is 4.88. The summed E-state index contributed by atoms with van der Waals surface area (Å²) in [5.41, 5.74) is 1.53. The number of hydrogen-bond acceptors (Lipinski definition) is 8. The second-order valence-electron chi connectivity index (χ2n) is 5.02. The standard InChI is InChI=1S/C15H17N5O3S/c1-3-23-15(22)12-9(2)11-13(16-8-17-14(11)24-12)19-10-6-18-20(7-10)4-5-21/h6-8,21H,3-5H2,1-2H3,(H,16,17,19). The summed E-state index contributed by atoms with van der Waals surface area (Å²) in [7, 11) is 0. The van der Waals surface area contributed by atoms with E-state index in [-0.39, 0.29) is 12.6 Å². The van der Waals surface area contributed by atoms with Crippen LogP contribution >= 0.6 is 11.3 Å². The topological polar surface area (TPSA) is 102 Å². The predicted molar refractivity (Wildman–Crippen MR) is 90.7 cm³/mol. The van der Waals surface area contributed by atoms with Crippen molar-refractivity contribution in [3.05, 3.63) is 29.2 Å². The van der Waals surface area contributed by atoms with Gasteiger partial charge in [0, 0.05) is 6.20 Å². The van der Waals surface area contributed by atoms with Crippen molar-refractivity contribution in [2.45, 2.75) is 20.4 Å². The number of hydrogen-bond donors (Lipinski definition) is 2. The van der Waals surface area contributed by atoms with Gasteiger partial charge in [-0.3, -0.25) is 4.68 Å². The van der Waals surface area contributed by atoms with Crippen LogP contribution in [0.2, 0.25) is 0 Å². The fourth-order valence-electron chi connectivity index (χ4n) is 2.35. The molecule has 0 aliphatic carbocycles. The lowest BCUT2D eigenvalue weighted by Crippen LogP contribution is -2.03. The third kappa shape index (κ3) is 3.08. The Balaban J connectivity index is 1.97. The van der Waals surface area contributed by atoms with Crippen molar-refractivity contribution in [3.63, 3.8) is 0 Å². The third-order valence-corrected chi connectivity index (χ3v) is 4.59. The molecule has 0 radical (unpaired) electrons. The molecule has 0 bridgehead atoms. The molecular formula is C15H17N5O3S. The summed E-state index contributed by atoms with van der Waals surface area (Å²) in [5, 5.41) is 17.1. The van der Waals surface area contributed by atoms with Crippen molar-refractivity contribution in [2.24, 2.45) is 0 Å². The monoisotopic (exact) mass is 347 g/mol. The van der Waals surface area contributed by atoms with Crippen LogP contribution in [0.5, 0.6) is 0 Å². The molecule has 3 aromatic rings. The van der Waals surface area contributed by atoms with E-state index < -0.39 is 0 Å². The van der Waals surface area contributed by atoms with Crippen molar-refractivity contribution in [1.29, 1.82) is 0 Å². The summed E-state index contributed by atoms with van der Waals surface area (Å²) in [4.78, 5) is 21.8. The van der Waals surface area contributed by atoms with Gasteiger partial charge >= 0.3 is 5.97 Å². The number of thiophene rings is 1. The maximum atomic E-state index is 12.1. The summed E-state index contributed by atoms with van der Waals surface area (Å²) in [6.45, 7) is 4.40. The van der Waals surface area contributed by atoms with Crippen LogP contribution in [0.25, 0.3) is 10.2 Å². The molecule has 3 aromatic heterocycles. The van der Waals surface area contributed by atoms with E-state index in [4.69, 9.17) is 9.84 Å². The summed E-state index contributed by atoms with van der Waals surface area (Å²) < 4.78 is 6.72. The Labute approximate surface area is 142 Å². The minimum atomic E-state index is -0.347. The SMILES string of the molecule is CCOC(=O)c1sc2ncnc(Nc3cnn(CCO)c3)c2c1C. The van der Waals surface area contributed by atoms with E-state index in [1.165, 1.54) is 17.7 Å². The maximum Gasteiger partial charge on any atom is 0.348 e. The van der Waals surface area contributed by atoms with Crippen molar-refractivity contribution in [1.82, 2.24) is 19.7 Å². The Bertz CT molecular complexity index is 873. The van der Waals surface area contributed by atoms with Gasteiger partial charge in [-0.15, -0.1) is 11.3 Å². The van der Waals surface area contributed by atoms with Gasteiger partial charge in [-0.05, 0) is 19.4 Å². The van der Waals surface area contributed by atoms with E-state index in [1.807, 2.05) is 6.92 Å². The highest BCUT2D eigenvalue weighted by molar-refractivity contribution is 7.20. The zero-order chi connectivity index (χ0) is 17.1. The second kappa shape index (κ2) is 6.93. The summed E-state index contributed by atoms with van der Waals surface area (Å²) >= 11 is 1.29. The van der Waals surface area contributed by atoms with Crippen LogP contribution in [0.3, 0.4) is 0 Å². The van der Waals surface area contributed by atoms with Gasteiger partial charge in [0.05, 0.1) is 37.0 Å². The molecule has 8 nitrogen and oxygen atoms in total. The van der Waals surface area contributed by atoms with Gasteiger partial charge in [0.2, 0.25) is 0 Å². The Kier molecular flexibility index (Phi) is 4.72. The Morgan fingerprint density at radius 2 is 2.29 bits per heavy atom. The lowest BCUT2D eigenvalue weighted by Gasteiger charge is -2.05. The van der Waals surface area contributed by atoms with Gasteiger partial charge in [-0.25, -0.2) is 14.8 Å². The molecule has 3 rings (SSSR count). The smallest absolute Gasteiger partial charge is 0.348 e. The molecule has 0 spiro atoms. The fourth-order valence-corrected chi connectivity index (χ4v) is 3.39. The number of carbonyl (C=O) groups is 1. The van der Waals surface area contributed by atoms with E-state index in [0.717, 1.165) is 21.5 Å². The molecule has 0 aliphatic heterocycles. The summed E-state index contributed by atoms with van der Waals surface area (Å²) in [5.74, 6) is 0.257. The van der Waals surface area contributed by atoms with Crippen molar-refractivity contribution < 1.29 is 14.6 Å². The Hall–Kier alpha value is -2.52. The van der Waals surface area contributed by atoms with Gasteiger partial charge in [0.1, 0.15) is 21.9 Å². The fraction of sp³-hybridized carbons (Fsp3) is 0.333. The molecule has 126 valence electrons. The van der Waals surface area contributed by atoms with Crippen LogP contribution in [0.4, 0.5) is 11.5 Å². The first-order chi connectivity index (χ1) is 11.6. The molecule has 0 aromatic carbocycles. The lowest BCUT2D eigenvalue weighted by atomic mass is 10.2. The van der Waals surface area contributed by atoms with Crippen molar-refractivity contribution in [2.75, 3.05) is 18.5 Å². The quantitative estimate of drug-likeness (QED) is 0.658. The van der Waals surface area contributed by atoms with E-state index >= 15 is 0 Å². The molecule has 24 heavy (non-hydrogen) atoms. The number of anilines is 2. The molecule has 0 saturated heterocycles. The molecule has 9 heteroatoms. The third-order valence-electron chi connectivity index (χ3n) is 3.41. The molecule has 0 aliphatic rings. The van der Waals surface area contributed by atoms with Crippen LogP contribution in [-0.4, -0.2) is 44.0 Å². The lowest BCUT2D eigenvalue weighted by molar-refractivity contribution is 0.0531. The normalized spacial score (nSPS) is 11.0. The number of carbonyl (C=O) groups excluding carboxylic acids is 1. The number of aliphatic hydroxyl groups excluding tert-OH is 1. The van der Waals surface area contributed by atoms with Crippen LogP contribution in [0.15, 0.2) is 18.7 Å². The Morgan fingerprint density at radius 3 is 3.04 bits per heavy atom. The van der Waals surface area contributed by atoms with Crippen LogP contribution in [0.1, 0.15) is 22.2 Å². The predicted octanol–water partition coefficient (Wildman–Crippen LogP) is 2.11. The first-order valence-corrected chi connectivity index (χ1v) is 8.27. The van der Waals surface area contributed by atoms with Gasteiger partial charge in [-0.2, -0.15) is 5.10 Å². The van der Waals surface area contributed by atoms with E-state index in [1.54, 1.807) is 24.0 Å². The van der Waals surface area contributed by atoms with Gasteiger partial charge in [-0.1, -0.05) is 0 Å². The second-order valence-corrected chi connectivity index (χ2v) is 6.02. The minimum Gasteiger partial charge on any atom is -0.462 e. The number of aryl methyl sites for hydroxylation is 1. The largest absolute Gasteiger partial charge is 0.462 e. The zero-order valence-electron chi connectivity index (χ0n) is 13.3. The molecule has 2 N–H and O–H groups in total.